The highest BCUT2D eigenvalue weighted by Gasteiger charge is 2.17. The summed E-state index contributed by atoms with van der Waals surface area (Å²) in [5.74, 6) is -0.201. The van der Waals surface area contributed by atoms with Crippen molar-refractivity contribution in [3.63, 3.8) is 0 Å². The summed E-state index contributed by atoms with van der Waals surface area (Å²) in [6.07, 6.45) is 0. The van der Waals surface area contributed by atoms with E-state index in [9.17, 15) is 4.39 Å². The Morgan fingerprint density at radius 2 is 1.95 bits per heavy atom. The molecule has 0 amide bonds. The fraction of sp³-hybridized carbons (Fsp3) is 0.0714. The second kappa shape index (κ2) is 4.64. The molecule has 2 aromatic carbocycles. The Bertz CT molecular complexity index is 688. The summed E-state index contributed by atoms with van der Waals surface area (Å²) in [5.41, 5.74) is 7.78. The Morgan fingerprint density at radius 1 is 1.21 bits per heavy atom. The van der Waals surface area contributed by atoms with Gasteiger partial charge in [0.1, 0.15) is 17.4 Å². The van der Waals surface area contributed by atoms with Gasteiger partial charge in [0.15, 0.2) is 5.58 Å². The summed E-state index contributed by atoms with van der Waals surface area (Å²) in [5, 5.41) is 0.0145. The molecule has 1 aromatic heterocycles. The van der Waals surface area contributed by atoms with Crippen molar-refractivity contribution in [3.05, 3.63) is 64.8 Å². The third kappa shape index (κ3) is 2.20. The average Bonchev–Trinajstić information content (AvgIpc) is 2.82. The number of rotatable bonds is 2. The fourth-order valence-corrected chi connectivity index (χ4v) is 2.04. The Morgan fingerprint density at radius 3 is 2.68 bits per heavy atom. The van der Waals surface area contributed by atoms with Crippen LogP contribution in [-0.4, -0.2) is 4.98 Å². The van der Waals surface area contributed by atoms with Crippen LogP contribution in [-0.2, 0) is 0 Å². The van der Waals surface area contributed by atoms with Crippen molar-refractivity contribution in [1.82, 2.24) is 4.98 Å². The summed E-state index contributed by atoms with van der Waals surface area (Å²) in [6, 6.07) is 11.6. The monoisotopic (exact) mass is 276 g/mol. The van der Waals surface area contributed by atoms with E-state index in [1.807, 2.05) is 30.3 Å². The van der Waals surface area contributed by atoms with E-state index in [4.69, 9.17) is 21.8 Å². The maximum atomic E-state index is 13.3. The first-order valence-electron chi connectivity index (χ1n) is 5.71. The van der Waals surface area contributed by atoms with Gasteiger partial charge in [-0.05, 0) is 11.6 Å². The number of oxazole rings is 1. The first kappa shape index (κ1) is 12.1. The standard InChI is InChI=1S/C14H10ClFN2O/c15-9-6-11-12(7-10(9)16)19-14(18-11)13(17)8-4-2-1-3-5-8/h1-7,13H,17H2. The lowest BCUT2D eigenvalue weighted by Crippen LogP contribution is -2.11. The van der Waals surface area contributed by atoms with Gasteiger partial charge in [-0.2, -0.15) is 0 Å². The van der Waals surface area contributed by atoms with Gasteiger partial charge >= 0.3 is 0 Å². The van der Waals surface area contributed by atoms with Gasteiger partial charge in [0.2, 0.25) is 5.89 Å². The van der Waals surface area contributed by atoms with Crippen molar-refractivity contribution >= 4 is 22.7 Å². The highest BCUT2D eigenvalue weighted by atomic mass is 35.5. The number of hydrogen-bond acceptors (Lipinski definition) is 3. The van der Waals surface area contributed by atoms with Crippen molar-refractivity contribution in [2.24, 2.45) is 5.73 Å². The Labute approximate surface area is 113 Å². The van der Waals surface area contributed by atoms with Crippen LogP contribution in [0.4, 0.5) is 4.39 Å². The van der Waals surface area contributed by atoms with Crippen LogP contribution in [0.3, 0.4) is 0 Å². The Hall–Kier alpha value is -1.91. The normalized spacial score (nSPS) is 12.8. The number of halogens is 2. The predicted octanol–water partition coefficient (Wildman–Crippen LogP) is 3.67. The zero-order chi connectivity index (χ0) is 13.4. The van der Waals surface area contributed by atoms with Crippen LogP contribution in [0.1, 0.15) is 17.5 Å². The average molecular weight is 277 g/mol. The topological polar surface area (TPSA) is 52.0 Å². The number of aromatic nitrogens is 1. The van der Waals surface area contributed by atoms with Gasteiger partial charge in [-0.3, -0.25) is 0 Å². The van der Waals surface area contributed by atoms with Gasteiger partial charge in [0.25, 0.3) is 0 Å². The SMILES string of the molecule is NC(c1ccccc1)c1nc2cc(Cl)c(F)cc2o1. The van der Waals surface area contributed by atoms with Crippen molar-refractivity contribution in [2.75, 3.05) is 0 Å². The molecule has 19 heavy (non-hydrogen) atoms. The minimum absolute atomic E-state index is 0.0145. The minimum atomic E-state index is -0.537. The van der Waals surface area contributed by atoms with E-state index in [0.717, 1.165) is 5.56 Å². The van der Waals surface area contributed by atoms with Crippen LogP contribution in [0, 0.1) is 5.82 Å². The van der Waals surface area contributed by atoms with E-state index in [-0.39, 0.29) is 5.02 Å². The summed E-state index contributed by atoms with van der Waals surface area (Å²) < 4.78 is 18.8. The molecule has 0 spiro atoms. The molecule has 3 rings (SSSR count). The zero-order valence-electron chi connectivity index (χ0n) is 9.81. The summed E-state index contributed by atoms with van der Waals surface area (Å²) in [4.78, 5) is 4.25. The number of nitrogens with zero attached hydrogens (tertiary/aromatic N) is 1. The minimum Gasteiger partial charge on any atom is -0.438 e. The lowest BCUT2D eigenvalue weighted by molar-refractivity contribution is 0.503. The van der Waals surface area contributed by atoms with Gasteiger partial charge in [-0.1, -0.05) is 41.9 Å². The molecule has 0 fully saturated rings. The van der Waals surface area contributed by atoms with Gasteiger partial charge < -0.3 is 10.2 Å². The van der Waals surface area contributed by atoms with Crippen LogP contribution in [0.5, 0.6) is 0 Å². The highest BCUT2D eigenvalue weighted by Crippen LogP contribution is 2.27. The summed E-state index contributed by atoms with van der Waals surface area (Å²) >= 11 is 5.71. The van der Waals surface area contributed by atoms with E-state index >= 15 is 0 Å². The first-order chi connectivity index (χ1) is 9.15. The lowest BCUT2D eigenvalue weighted by Gasteiger charge is -2.06. The van der Waals surface area contributed by atoms with Gasteiger partial charge in [0, 0.05) is 6.07 Å². The number of hydrogen-bond donors (Lipinski definition) is 1. The summed E-state index contributed by atoms with van der Waals surface area (Å²) in [6.45, 7) is 0. The molecular formula is C14H10ClFN2O. The molecule has 1 atom stereocenters. The van der Waals surface area contributed by atoms with Crippen LogP contribution >= 0.6 is 11.6 Å². The molecule has 0 aliphatic carbocycles. The van der Waals surface area contributed by atoms with Gasteiger partial charge in [-0.25, -0.2) is 9.37 Å². The van der Waals surface area contributed by atoms with Gasteiger partial charge in [0.05, 0.1) is 5.02 Å². The maximum Gasteiger partial charge on any atom is 0.217 e. The lowest BCUT2D eigenvalue weighted by atomic mass is 10.1. The van der Waals surface area contributed by atoms with E-state index in [0.29, 0.717) is 17.0 Å². The Balaban J connectivity index is 2.06. The number of nitrogens with two attached hydrogens (primary N) is 1. The molecule has 0 saturated carbocycles. The molecule has 2 N–H and O–H groups in total. The largest absolute Gasteiger partial charge is 0.438 e. The molecule has 0 saturated heterocycles. The molecule has 96 valence electrons. The van der Waals surface area contributed by atoms with Crippen molar-refractivity contribution in [2.45, 2.75) is 6.04 Å². The molecule has 3 nitrogen and oxygen atoms in total. The fourth-order valence-electron chi connectivity index (χ4n) is 1.88. The van der Waals surface area contributed by atoms with Gasteiger partial charge in [-0.15, -0.1) is 0 Å². The van der Waals surface area contributed by atoms with E-state index in [2.05, 4.69) is 4.98 Å². The molecule has 0 aliphatic rings. The van der Waals surface area contributed by atoms with E-state index in [1.54, 1.807) is 0 Å². The molecule has 0 radical (unpaired) electrons. The third-order valence-electron chi connectivity index (χ3n) is 2.87. The molecule has 1 unspecified atom stereocenters. The first-order valence-corrected chi connectivity index (χ1v) is 6.09. The van der Waals surface area contributed by atoms with Crippen molar-refractivity contribution < 1.29 is 8.81 Å². The highest BCUT2D eigenvalue weighted by molar-refractivity contribution is 6.31. The van der Waals surface area contributed by atoms with E-state index < -0.39 is 11.9 Å². The van der Waals surface area contributed by atoms with E-state index in [1.165, 1.54) is 12.1 Å². The molecular weight excluding hydrogens is 267 g/mol. The van der Waals surface area contributed by atoms with Crippen molar-refractivity contribution in [3.8, 4) is 0 Å². The molecule has 0 aliphatic heterocycles. The molecule has 1 heterocycles. The van der Waals surface area contributed by atoms with Crippen LogP contribution in [0.15, 0.2) is 46.9 Å². The number of benzene rings is 2. The van der Waals surface area contributed by atoms with Crippen molar-refractivity contribution in [1.29, 1.82) is 0 Å². The zero-order valence-corrected chi connectivity index (χ0v) is 10.6. The third-order valence-corrected chi connectivity index (χ3v) is 3.16. The van der Waals surface area contributed by atoms with Crippen LogP contribution < -0.4 is 5.73 Å². The Kier molecular flexibility index (Phi) is 2.97. The number of fused-ring (bicyclic) bond motifs is 1. The molecule has 0 bridgehead atoms. The second-order valence-corrected chi connectivity index (χ2v) is 4.58. The predicted molar refractivity (Wildman–Crippen MR) is 71.4 cm³/mol. The smallest absolute Gasteiger partial charge is 0.217 e. The summed E-state index contributed by atoms with van der Waals surface area (Å²) in [7, 11) is 0. The van der Waals surface area contributed by atoms with Crippen LogP contribution in [0.25, 0.3) is 11.1 Å². The molecule has 5 heteroatoms. The maximum absolute atomic E-state index is 13.3. The second-order valence-electron chi connectivity index (χ2n) is 4.17. The van der Waals surface area contributed by atoms with Crippen LogP contribution in [0.2, 0.25) is 5.02 Å². The quantitative estimate of drug-likeness (QED) is 0.777. The molecule has 3 aromatic rings.